The third-order valence-electron chi connectivity index (χ3n) is 4.83. The van der Waals surface area contributed by atoms with E-state index < -0.39 is 0 Å². The molecule has 0 heterocycles. The average molecular weight is 321 g/mol. The minimum atomic E-state index is 0.0397. The summed E-state index contributed by atoms with van der Waals surface area (Å²) in [6.45, 7) is 4.39. The van der Waals surface area contributed by atoms with Crippen LogP contribution in [0.4, 0.5) is 0 Å². The maximum atomic E-state index is 12.8. The molecule has 2 aromatic carbocycles. The lowest BCUT2D eigenvalue weighted by molar-refractivity contribution is 0.0932. The molecule has 0 fully saturated rings. The molecule has 1 atom stereocenters. The molecule has 24 heavy (non-hydrogen) atoms. The Labute approximate surface area is 145 Å². The number of benzene rings is 2. The molecule has 0 saturated heterocycles. The highest BCUT2D eigenvalue weighted by molar-refractivity contribution is 5.94. The van der Waals surface area contributed by atoms with Crippen molar-refractivity contribution in [3.63, 3.8) is 0 Å². The third-order valence-corrected chi connectivity index (χ3v) is 4.83. The highest BCUT2D eigenvalue weighted by Gasteiger charge is 2.18. The molecule has 1 amide bonds. The molecular formula is C22H27NO. The second-order valence-electron chi connectivity index (χ2n) is 7.26. The van der Waals surface area contributed by atoms with Gasteiger partial charge in [-0.1, -0.05) is 50.2 Å². The second-order valence-corrected chi connectivity index (χ2v) is 7.26. The van der Waals surface area contributed by atoms with E-state index >= 15 is 0 Å². The molecule has 0 unspecified atom stereocenters. The van der Waals surface area contributed by atoms with Crippen LogP contribution in [0.3, 0.4) is 0 Å². The SMILES string of the molecule is CC(C)C[C@H](NC(=O)c1ccc2c(c1)CCCC2)c1ccccc1. The lowest BCUT2D eigenvalue weighted by Gasteiger charge is -2.22. The van der Waals surface area contributed by atoms with E-state index in [0.717, 1.165) is 24.8 Å². The number of aryl methyl sites for hydroxylation is 2. The van der Waals surface area contributed by atoms with Crippen LogP contribution in [0.25, 0.3) is 0 Å². The van der Waals surface area contributed by atoms with Gasteiger partial charge in [-0.15, -0.1) is 0 Å². The molecule has 2 nitrogen and oxygen atoms in total. The van der Waals surface area contributed by atoms with Gasteiger partial charge in [0.15, 0.2) is 0 Å². The number of hydrogen-bond acceptors (Lipinski definition) is 1. The molecule has 1 N–H and O–H groups in total. The van der Waals surface area contributed by atoms with Crippen LogP contribution < -0.4 is 5.32 Å². The summed E-state index contributed by atoms with van der Waals surface area (Å²) in [6, 6.07) is 16.6. The van der Waals surface area contributed by atoms with Crippen molar-refractivity contribution >= 4 is 5.91 Å². The van der Waals surface area contributed by atoms with Gasteiger partial charge < -0.3 is 5.32 Å². The van der Waals surface area contributed by atoms with Crippen molar-refractivity contribution in [2.45, 2.75) is 52.0 Å². The Kier molecular flexibility index (Phi) is 5.34. The monoisotopic (exact) mass is 321 g/mol. The molecule has 0 spiro atoms. The summed E-state index contributed by atoms with van der Waals surface area (Å²) in [6.07, 6.45) is 5.70. The van der Waals surface area contributed by atoms with Gasteiger partial charge in [0.2, 0.25) is 0 Å². The fourth-order valence-corrected chi connectivity index (χ4v) is 3.55. The van der Waals surface area contributed by atoms with Crippen molar-refractivity contribution in [3.05, 3.63) is 70.8 Å². The highest BCUT2D eigenvalue weighted by atomic mass is 16.1. The molecule has 0 aromatic heterocycles. The van der Waals surface area contributed by atoms with Gasteiger partial charge in [0.1, 0.15) is 0 Å². The summed E-state index contributed by atoms with van der Waals surface area (Å²) < 4.78 is 0. The first-order valence-electron chi connectivity index (χ1n) is 9.11. The number of nitrogens with one attached hydrogen (secondary N) is 1. The van der Waals surface area contributed by atoms with Gasteiger partial charge in [0.25, 0.3) is 5.91 Å². The highest BCUT2D eigenvalue weighted by Crippen LogP contribution is 2.24. The summed E-state index contributed by atoms with van der Waals surface area (Å²) in [5, 5.41) is 3.25. The van der Waals surface area contributed by atoms with Crippen molar-refractivity contribution in [1.29, 1.82) is 0 Å². The summed E-state index contributed by atoms with van der Waals surface area (Å²) in [7, 11) is 0. The molecular weight excluding hydrogens is 294 g/mol. The van der Waals surface area contributed by atoms with Gasteiger partial charge in [-0.2, -0.15) is 0 Å². The number of hydrogen-bond donors (Lipinski definition) is 1. The Balaban J connectivity index is 1.78. The van der Waals surface area contributed by atoms with Crippen LogP contribution in [0, 0.1) is 5.92 Å². The van der Waals surface area contributed by atoms with Crippen molar-refractivity contribution < 1.29 is 4.79 Å². The van der Waals surface area contributed by atoms with Crippen LogP contribution in [-0.2, 0) is 12.8 Å². The molecule has 2 heteroatoms. The summed E-state index contributed by atoms with van der Waals surface area (Å²) >= 11 is 0. The molecule has 3 rings (SSSR count). The van der Waals surface area contributed by atoms with E-state index in [2.05, 4.69) is 43.4 Å². The van der Waals surface area contributed by atoms with E-state index in [4.69, 9.17) is 0 Å². The van der Waals surface area contributed by atoms with E-state index in [1.54, 1.807) is 0 Å². The molecule has 0 aliphatic heterocycles. The largest absolute Gasteiger partial charge is 0.345 e. The number of carbonyl (C=O) groups excluding carboxylic acids is 1. The van der Waals surface area contributed by atoms with E-state index in [-0.39, 0.29) is 11.9 Å². The zero-order valence-electron chi connectivity index (χ0n) is 14.7. The maximum absolute atomic E-state index is 12.8. The zero-order chi connectivity index (χ0) is 16.9. The van der Waals surface area contributed by atoms with Gasteiger partial charge in [0.05, 0.1) is 6.04 Å². The molecule has 0 bridgehead atoms. The Morgan fingerprint density at radius 3 is 2.42 bits per heavy atom. The predicted octanol–water partition coefficient (Wildman–Crippen LogP) is 5.08. The van der Waals surface area contributed by atoms with Crippen LogP contribution in [-0.4, -0.2) is 5.91 Å². The first kappa shape index (κ1) is 16.8. The predicted molar refractivity (Wildman–Crippen MR) is 99.2 cm³/mol. The zero-order valence-corrected chi connectivity index (χ0v) is 14.7. The van der Waals surface area contributed by atoms with Gasteiger partial charge in [0, 0.05) is 5.56 Å². The van der Waals surface area contributed by atoms with Crippen LogP contribution in [0.1, 0.15) is 66.2 Å². The molecule has 0 saturated carbocycles. The summed E-state index contributed by atoms with van der Waals surface area (Å²) in [5.74, 6) is 0.567. The summed E-state index contributed by atoms with van der Waals surface area (Å²) in [5.41, 5.74) is 4.74. The molecule has 126 valence electrons. The van der Waals surface area contributed by atoms with Gasteiger partial charge >= 0.3 is 0 Å². The Morgan fingerprint density at radius 1 is 1.00 bits per heavy atom. The number of amides is 1. The van der Waals surface area contributed by atoms with Crippen molar-refractivity contribution in [1.82, 2.24) is 5.32 Å². The van der Waals surface area contributed by atoms with Crippen LogP contribution in [0.2, 0.25) is 0 Å². The quantitative estimate of drug-likeness (QED) is 0.817. The Morgan fingerprint density at radius 2 is 1.71 bits per heavy atom. The summed E-state index contributed by atoms with van der Waals surface area (Å²) in [4.78, 5) is 12.8. The van der Waals surface area contributed by atoms with E-state index in [0.29, 0.717) is 5.92 Å². The van der Waals surface area contributed by atoms with Crippen LogP contribution >= 0.6 is 0 Å². The number of fused-ring (bicyclic) bond motifs is 1. The standard InChI is InChI=1S/C22H27NO/c1-16(2)14-21(18-9-4-3-5-10-18)23-22(24)20-13-12-17-8-6-7-11-19(17)15-20/h3-5,9-10,12-13,15-16,21H,6-8,11,14H2,1-2H3,(H,23,24)/t21-/m0/s1. The topological polar surface area (TPSA) is 29.1 Å². The normalized spacial score (nSPS) is 15.0. The minimum absolute atomic E-state index is 0.0397. The van der Waals surface area contributed by atoms with Gasteiger partial charge in [-0.25, -0.2) is 0 Å². The molecule has 1 aliphatic rings. The van der Waals surface area contributed by atoms with E-state index in [1.165, 1.54) is 29.5 Å². The van der Waals surface area contributed by atoms with E-state index in [9.17, 15) is 4.79 Å². The maximum Gasteiger partial charge on any atom is 0.251 e. The smallest absolute Gasteiger partial charge is 0.251 e. The molecule has 0 radical (unpaired) electrons. The van der Waals surface area contributed by atoms with E-state index in [1.807, 2.05) is 24.3 Å². The Bertz CT molecular complexity index is 690. The fourth-order valence-electron chi connectivity index (χ4n) is 3.55. The van der Waals surface area contributed by atoms with Gasteiger partial charge in [-0.05, 0) is 66.8 Å². The average Bonchev–Trinajstić information content (AvgIpc) is 2.61. The van der Waals surface area contributed by atoms with Crippen molar-refractivity contribution in [3.8, 4) is 0 Å². The van der Waals surface area contributed by atoms with Crippen LogP contribution in [0.5, 0.6) is 0 Å². The fraction of sp³-hybridized carbons (Fsp3) is 0.409. The van der Waals surface area contributed by atoms with Crippen LogP contribution in [0.15, 0.2) is 48.5 Å². The van der Waals surface area contributed by atoms with Gasteiger partial charge in [-0.3, -0.25) is 4.79 Å². The van der Waals surface area contributed by atoms with Crippen molar-refractivity contribution in [2.24, 2.45) is 5.92 Å². The number of rotatable bonds is 5. The lowest BCUT2D eigenvalue weighted by Crippen LogP contribution is -2.29. The lowest BCUT2D eigenvalue weighted by atomic mass is 9.90. The molecule has 2 aromatic rings. The molecule has 1 aliphatic carbocycles. The van der Waals surface area contributed by atoms with Crippen molar-refractivity contribution in [2.75, 3.05) is 0 Å². The second kappa shape index (κ2) is 7.65. The third kappa shape index (κ3) is 4.05. The Hall–Kier alpha value is -2.09. The number of carbonyl (C=O) groups is 1. The first-order valence-corrected chi connectivity index (χ1v) is 9.11. The minimum Gasteiger partial charge on any atom is -0.345 e. The first-order chi connectivity index (χ1) is 11.6.